The van der Waals surface area contributed by atoms with Gasteiger partial charge in [0.25, 0.3) is 0 Å². The van der Waals surface area contributed by atoms with E-state index in [2.05, 4.69) is 22.6 Å². The number of carbonyl (C=O) groups excluding carboxylic acids is 1. The van der Waals surface area contributed by atoms with E-state index in [1.54, 1.807) is 0 Å². The second-order valence-electron chi connectivity index (χ2n) is 7.19. The fourth-order valence-electron chi connectivity index (χ4n) is 4.37. The summed E-state index contributed by atoms with van der Waals surface area (Å²) in [5, 5.41) is 6.76. The van der Waals surface area contributed by atoms with E-state index in [1.807, 2.05) is 0 Å². The average Bonchev–Trinajstić information content (AvgIpc) is 2.91. The molecular formula is C16H29N3O. The van der Waals surface area contributed by atoms with Gasteiger partial charge in [0.1, 0.15) is 0 Å². The van der Waals surface area contributed by atoms with Gasteiger partial charge in [-0.2, -0.15) is 0 Å². The third kappa shape index (κ3) is 2.73. The highest BCUT2D eigenvalue weighted by molar-refractivity contribution is 5.83. The third-order valence-electron chi connectivity index (χ3n) is 5.88. The van der Waals surface area contributed by atoms with Crippen molar-refractivity contribution < 1.29 is 4.79 Å². The fourth-order valence-corrected chi connectivity index (χ4v) is 4.37. The van der Waals surface area contributed by atoms with Gasteiger partial charge in [-0.3, -0.25) is 4.79 Å². The zero-order valence-electron chi connectivity index (χ0n) is 12.8. The van der Waals surface area contributed by atoms with Gasteiger partial charge in [-0.05, 0) is 64.2 Å². The molecule has 0 aromatic rings. The van der Waals surface area contributed by atoms with E-state index in [-0.39, 0.29) is 5.41 Å². The number of carbonyl (C=O) groups is 1. The number of nitrogens with one attached hydrogen (secondary N) is 2. The summed E-state index contributed by atoms with van der Waals surface area (Å²) in [7, 11) is 2.19. The highest BCUT2D eigenvalue weighted by atomic mass is 16.2. The zero-order valence-corrected chi connectivity index (χ0v) is 12.8. The quantitative estimate of drug-likeness (QED) is 0.816. The first-order chi connectivity index (χ1) is 9.71. The molecule has 2 saturated heterocycles. The van der Waals surface area contributed by atoms with E-state index >= 15 is 0 Å². The number of amides is 1. The minimum absolute atomic E-state index is 0.0797. The molecule has 0 bridgehead atoms. The van der Waals surface area contributed by atoms with Crippen LogP contribution in [0.4, 0.5) is 0 Å². The van der Waals surface area contributed by atoms with Crippen molar-refractivity contribution in [2.24, 2.45) is 17.3 Å². The molecule has 1 aliphatic carbocycles. The molecule has 3 fully saturated rings. The van der Waals surface area contributed by atoms with Crippen LogP contribution in [-0.4, -0.2) is 50.6 Å². The van der Waals surface area contributed by atoms with Gasteiger partial charge in [0.15, 0.2) is 0 Å². The molecule has 0 unspecified atom stereocenters. The van der Waals surface area contributed by atoms with Gasteiger partial charge >= 0.3 is 0 Å². The molecule has 2 aliphatic heterocycles. The van der Waals surface area contributed by atoms with E-state index in [0.717, 1.165) is 26.1 Å². The van der Waals surface area contributed by atoms with Gasteiger partial charge in [0, 0.05) is 13.1 Å². The second-order valence-corrected chi connectivity index (χ2v) is 7.19. The summed E-state index contributed by atoms with van der Waals surface area (Å²) in [6.45, 7) is 5.19. The largest absolute Gasteiger partial charge is 0.355 e. The molecule has 4 heteroatoms. The van der Waals surface area contributed by atoms with Gasteiger partial charge in [0.05, 0.1) is 5.41 Å². The van der Waals surface area contributed by atoms with E-state index < -0.39 is 0 Å². The number of likely N-dealkylation sites (tertiary alicyclic amines) is 1. The molecule has 114 valence electrons. The molecule has 1 amide bonds. The van der Waals surface area contributed by atoms with E-state index in [0.29, 0.717) is 17.7 Å². The minimum atomic E-state index is -0.0797. The maximum absolute atomic E-state index is 12.7. The summed E-state index contributed by atoms with van der Waals surface area (Å²) < 4.78 is 0. The SMILES string of the molecule is CN1CCC(CNC(=O)[C@@]23CCCC[C@H]2CNC3)CC1. The van der Waals surface area contributed by atoms with Crippen LogP contribution in [0.15, 0.2) is 0 Å². The van der Waals surface area contributed by atoms with Crippen molar-refractivity contribution in [1.82, 2.24) is 15.5 Å². The molecule has 20 heavy (non-hydrogen) atoms. The van der Waals surface area contributed by atoms with Crippen LogP contribution in [0, 0.1) is 17.3 Å². The summed E-state index contributed by atoms with van der Waals surface area (Å²) >= 11 is 0. The van der Waals surface area contributed by atoms with Crippen LogP contribution in [0.2, 0.25) is 0 Å². The molecule has 3 aliphatic rings. The Balaban J connectivity index is 1.53. The fraction of sp³-hybridized carbons (Fsp3) is 0.938. The Bertz CT molecular complexity index is 352. The molecule has 0 spiro atoms. The summed E-state index contributed by atoms with van der Waals surface area (Å²) in [6, 6.07) is 0. The molecular weight excluding hydrogens is 250 g/mol. The third-order valence-corrected chi connectivity index (χ3v) is 5.88. The van der Waals surface area contributed by atoms with Crippen molar-refractivity contribution in [1.29, 1.82) is 0 Å². The Hall–Kier alpha value is -0.610. The second kappa shape index (κ2) is 6.02. The van der Waals surface area contributed by atoms with Crippen LogP contribution in [0.3, 0.4) is 0 Å². The molecule has 1 saturated carbocycles. The standard InChI is InChI=1S/C16H29N3O/c1-19-8-5-13(6-9-19)10-18-15(20)16-7-3-2-4-14(16)11-17-12-16/h13-14,17H,2-12H2,1H3,(H,18,20)/t14-,16+/m0/s1. The number of piperidine rings is 1. The van der Waals surface area contributed by atoms with Gasteiger partial charge in [-0.15, -0.1) is 0 Å². The number of nitrogens with zero attached hydrogens (tertiary/aromatic N) is 1. The van der Waals surface area contributed by atoms with Crippen molar-refractivity contribution >= 4 is 5.91 Å². The molecule has 3 rings (SSSR count). The van der Waals surface area contributed by atoms with Crippen molar-refractivity contribution in [3.8, 4) is 0 Å². The van der Waals surface area contributed by atoms with Crippen LogP contribution in [0.1, 0.15) is 38.5 Å². The summed E-state index contributed by atoms with van der Waals surface area (Å²) in [6.07, 6.45) is 7.30. The Morgan fingerprint density at radius 2 is 2.10 bits per heavy atom. The van der Waals surface area contributed by atoms with Crippen LogP contribution in [-0.2, 0) is 4.79 Å². The summed E-state index contributed by atoms with van der Waals surface area (Å²) in [4.78, 5) is 15.1. The molecule has 0 radical (unpaired) electrons. The Morgan fingerprint density at radius 3 is 2.90 bits per heavy atom. The number of rotatable bonds is 3. The Morgan fingerprint density at radius 1 is 1.30 bits per heavy atom. The molecule has 2 atom stereocenters. The lowest BCUT2D eigenvalue weighted by Crippen LogP contribution is -2.49. The maximum Gasteiger partial charge on any atom is 0.227 e. The molecule has 0 aromatic carbocycles. The van der Waals surface area contributed by atoms with Gasteiger partial charge in [-0.25, -0.2) is 0 Å². The highest BCUT2D eigenvalue weighted by Crippen LogP contribution is 2.43. The number of hydrogen-bond acceptors (Lipinski definition) is 3. The van der Waals surface area contributed by atoms with E-state index in [1.165, 1.54) is 45.2 Å². The summed E-state index contributed by atoms with van der Waals surface area (Å²) in [5.41, 5.74) is -0.0797. The van der Waals surface area contributed by atoms with Crippen LogP contribution in [0.5, 0.6) is 0 Å². The van der Waals surface area contributed by atoms with E-state index in [9.17, 15) is 4.79 Å². The number of fused-ring (bicyclic) bond motifs is 1. The minimum Gasteiger partial charge on any atom is -0.355 e. The van der Waals surface area contributed by atoms with Gasteiger partial charge in [0.2, 0.25) is 5.91 Å². The van der Waals surface area contributed by atoms with Crippen LogP contribution >= 0.6 is 0 Å². The van der Waals surface area contributed by atoms with Crippen LogP contribution < -0.4 is 10.6 Å². The van der Waals surface area contributed by atoms with Gasteiger partial charge in [-0.1, -0.05) is 12.8 Å². The van der Waals surface area contributed by atoms with Crippen LogP contribution in [0.25, 0.3) is 0 Å². The lowest BCUT2D eigenvalue weighted by atomic mass is 9.67. The lowest BCUT2D eigenvalue weighted by molar-refractivity contribution is -0.134. The van der Waals surface area contributed by atoms with Gasteiger partial charge < -0.3 is 15.5 Å². The topological polar surface area (TPSA) is 44.4 Å². The molecule has 0 aromatic heterocycles. The first kappa shape index (κ1) is 14.3. The van der Waals surface area contributed by atoms with Crippen molar-refractivity contribution in [3.05, 3.63) is 0 Å². The maximum atomic E-state index is 12.7. The molecule has 2 heterocycles. The Kier molecular flexibility index (Phi) is 4.32. The van der Waals surface area contributed by atoms with Crippen molar-refractivity contribution in [2.45, 2.75) is 38.5 Å². The molecule has 4 nitrogen and oxygen atoms in total. The number of hydrogen-bond donors (Lipinski definition) is 2. The lowest BCUT2D eigenvalue weighted by Gasteiger charge is -2.38. The predicted molar refractivity (Wildman–Crippen MR) is 80.5 cm³/mol. The Labute approximate surface area is 122 Å². The van der Waals surface area contributed by atoms with E-state index in [4.69, 9.17) is 0 Å². The zero-order chi connectivity index (χ0) is 14.0. The first-order valence-corrected chi connectivity index (χ1v) is 8.38. The first-order valence-electron chi connectivity index (χ1n) is 8.38. The predicted octanol–water partition coefficient (Wildman–Crippen LogP) is 1.22. The average molecular weight is 279 g/mol. The van der Waals surface area contributed by atoms with Crippen molar-refractivity contribution in [3.63, 3.8) is 0 Å². The summed E-state index contributed by atoms with van der Waals surface area (Å²) in [5.74, 6) is 1.60. The normalized spacial score (nSPS) is 35.8. The highest BCUT2D eigenvalue weighted by Gasteiger charge is 2.49. The van der Waals surface area contributed by atoms with Crippen molar-refractivity contribution in [2.75, 3.05) is 39.8 Å². The monoisotopic (exact) mass is 279 g/mol. The smallest absolute Gasteiger partial charge is 0.227 e. The molecule has 2 N–H and O–H groups in total.